The zero-order chi connectivity index (χ0) is 22.0. The highest BCUT2D eigenvalue weighted by Crippen LogP contribution is 2.27. The summed E-state index contributed by atoms with van der Waals surface area (Å²) in [5.74, 6) is 0.343. The van der Waals surface area contributed by atoms with Crippen molar-refractivity contribution in [3.8, 4) is 0 Å². The fourth-order valence-corrected chi connectivity index (χ4v) is 4.23. The molecule has 31 heavy (non-hydrogen) atoms. The molecular formula is C22H17Cl2N3O3S. The van der Waals surface area contributed by atoms with Gasteiger partial charge < -0.3 is 9.73 Å². The SMILES string of the molecule is CC(Sc1nc2cc(Cl)ccc2c(=O)n1Cc1ccco1)C(=O)Nc1ccccc1Cl. The Morgan fingerprint density at radius 1 is 1.19 bits per heavy atom. The summed E-state index contributed by atoms with van der Waals surface area (Å²) < 4.78 is 6.91. The molecular weight excluding hydrogens is 457 g/mol. The van der Waals surface area contributed by atoms with Gasteiger partial charge in [-0.05, 0) is 49.4 Å². The molecule has 0 saturated carbocycles. The van der Waals surface area contributed by atoms with E-state index in [9.17, 15) is 9.59 Å². The second-order valence-electron chi connectivity index (χ2n) is 6.76. The van der Waals surface area contributed by atoms with Gasteiger partial charge in [-0.15, -0.1) is 0 Å². The number of hydrogen-bond acceptors (Lipinski definition) is 5. The highest BCUT2D eigenvalue weighted by atomic mass is 35.5. The third kappa shape index (κ3) is 4.79. The topological polar surface area (TPSA) is 77.1 Å². The second-order valence-corrected chi connectivity index (χ2v) is 8.91. The molecule has 0 saturated heterocycles. The maximum Gasteiger partial charge on any atom is 0.262 e. The maximum absolute atomic E-state index is 13.2. The molecule has 1 amide bonds. The molecule has 0 aliphatic rings. The van der Waals surface area contributed by atoms with Crippen LogP contribution < -0.4 is 10.9 Å². The van der Waals surface area contributed by atoms with Gasteiger partial charge in [0.1, 0.15) is 5.76 Å². The van der Waals surface area contributed by atoms with Crippen molar-refractivity contribution >= 4 is 57.5 Å². The van der Waals surface area contributed by atoms with Crippen LogP contribution in [0.4, 0.5) is 5.69 Å². The number of carbonyl (C=O) groups excluding carboxylic acids is 1. The number of amides is 1. The van der Waals surface area contributed by atoms with Gasteiger partial charge in [0.15, 0.2) is 5.16 Å². The molecule has 2 heterocycles. The Bertz CT molecular complexity index is 1310. The van der Waals surface area contributed by atoms with Gasteiger partial charge in [0, 0.05) is 5.02 Å². The van der Waals surface area contributed by atoms with E-state index >= 15 is 0 Å². The molecule has 1 atom stereocenters. The smallest absolute Gasteiger partial charge is 0.262 e. The standard InChI is InChI=1S/C22H17Cl2N3O3S/c1-13(20(28)25-18-7-3-2-6-17(18)24)31-22-26-19-11-14(23)8-9-16(19)21(29)27(22)12-15-5-4-10-30-15/h2-11,13H,12H2,1H3,(H,25,28). The number of thioether (sulfide) groups is 1. The lowest BCUT2D eigenvalue weighted by Gasteiger charge is -2.16. The number of anilines is 1. The van der Waals surface area contributed by atoms with E-state index < -0.39 is 5.25 Å². The van der Waals surface area contributed by atoms with Crippen LogP contribution in [-0.2, 0) is 11.3 Å². The summed E-state index contributed by atoms with van der Waals surface area (Å²) in [6.45, 7) is 1.93. The number of nitrogens with zero attached hydrogens (tertiary/aromatic N) is 2. The van der Waals surface area contributed by atoms with Crippen LogP contribution in [0.3, 0.4) is 0 Å². The van der Waals surface area contributed by atoms with E-state index in [1.165, 1.54) is 16.3 Å². The van der Waals surface area contributed by atoms with Crippen LogP contribution in [0.1, 0.15) is 12.7 Å². The van der Waals surface area contributed by atoms with Gasteiger partial charge in [-0.25, -0.2) is 4.98 Å². The molecule has 0 spiro atoms. The lowest BCUT2D eigenvalue weighted by Crippen LogP contribution is -2.27. The molecule has 0 aliphatic carbocycles. The minimum absolute atomic E-state index is 0.193. The van der Waals surface area contributed by atoms with Crippen LogP contribution in [0.15, 0.2) is 75.2 Å². The number of hydrogen-bond donors (Lipinski definition) is 1. The van der Waals surface area contributed by atoms with Crippen molar-refractivity contribution in [2.24, 2.45) is 0 Å². The Morgan fingerprint density at radius 2 is 2.00 bits per heavy atom. The van der Waals surface area contributed by atoms with Crippen molar-refractivity contribution < 1.29 is 9.21 Å². The first-order valence-corrected chi connectivity index (χ1v) is 11.0. The quantitative estimate of drug-likeness (QED) is 0.297. The maximum atomic E-state index is 13.2. The summed E-state index contributed by atoms with van der Waals surface area (Å²) in [6, 6.07) is 15.5. The summed E-state index contributed by atoms with van der Waals surface area (Å²) in [7, 11) is 0. The molecule has 9 heteroatoms. The van der Waals surface area contributed by atoms with Crippen LogP contribution in [0.5, 0.6) is 0 Å². The van der Waals surface area contributed by atoms with Crippen molar-refractivity contribution in [3.63, 3.8) is 0 Å². The van der Waals surface area contributed by atoms with Crippen molar-refractivity contribution in [1.82, 2.24) is 9.55 Å². The highest BCUT2D eigenvalue weighted by molar-refractivity contribution is 8.00. The molecule has 1 unspecified atom stereocenters. The van der Waals surface area contributed by atoms with E-state index in [0.717, 1.165) is 0 Å². The molecule has 0 bridgehead atoms. The summed E-state index contributed by atoms with van der Waals surface area (Å²) in [5, 5.41) is 4.00. The third-order valence-corrected chi connectivity index (χ3v) is 6.21. The van der Waals surface area contributed by atoms with Crippen LogP contribution in [0, 0.1) is 0 Å². The molecule has 0 radical (unpaired) electrons. The first kappa shape index (κ1) is 21.5. The zero-order valence-electron chi connectivity index (χ0n) is 16.3. The molecule has 4 aromatic rings. The molecule has 4 rings (SSSR count). The van der Waals surface area contributed by atoms with E-state index in [1.54, 1.807) is 67.8 Å². The molecule has 2 aromatic carbocycles. The fraction of sp³-hybridized carbons (Fsp3) is 0.136. The normalized spacial score (nSPS) is 12.1. The van der Waals surface area contributed by atoms with Crippen LogP contribution in [-0.4, -0.2) is 20.7 Å². The summed E-state index contributed by atoms with van der Waals surface area (Å²) >= 11 is 13.4. The van der Waals surface area contributed by atoms with Crippen molar-refractivity contribution in [3.05, 3.63) is 87.0 Å². The number of carbonyl (C=O) groups is 1. The molecule has 158 valence electrons. The van der Waals surface area contributed by atoms with Gasteiger partial charge in [0.25, 0.3) is 5.56 Å². The first-order chi connectivity index (χ1) is 14.9. The van der Waals surface area contributed by atoms with Gasteiger partial charge in [0.2, 0.25) is 5.91 Å². The zero-order valence-corrected chi connectivity index (χ0v) is 18.7. The number of fused-ring (bicyclic) bond motifs is 1. The second kappa shape index (κ2) is 9.18. The average molecular weight is 474 g/mol. The Labute approximate surface area is 192 Å². The Morgan fingerprint density at radius 3 is 2.74 bits per heavy atom. The van der Waals surface area contributed by atoms with Gasteiger partial charge in [-0.3, -0.25) is 14.2 Å². The number of aromatic nitrogens is 2. The molecule has 6 nitrogen and oxygen atoms in total. The first-order valence-electron chi connectivity index (χ1n) is 9.37. The molecule has 1 N–H and O–H groups in total. The Hall–Kier alpha value is -2.74. The third-order valence-electron chi connectivity index (χ3n) is 4.56. The van der Waals surface area contributed by atoms with Crippen LogP contribution in [0.2, 0.25) is 10.0 Å². The summed E-state index contributed by atoms with van der Waals surface area (Å²) in [6.07, 6.45) is 1.54. The van der Waals surface area contributed by atoms with Crippen molar-refractivity contribution in [1.29, 1.82) is 0 Å². The van der Waals surface area contributed by atoms with Crippen molar-refractivity contribution in [2.75, 3.05) is 5.32 Å². The minimum atomic E-state index is -0.553. The predicted molar refractivity (Wildman–Crippen MR) is 124 cm³/mol. The Balaban J connectivity index is 1.68. The van der Waals surface area contributed by atoms with Gasteiger partial charge in [0.05, 0.1) is 39.7 Å². The fourth-order valence-electron chi connectivity index (χ4n) is 2.97. The van der Waals surface area contributed by atoms with E-state index in [4.69, 9.17) is 27.6 Å². The number of benzene rings is 2. The average Bonchev–Trinajstić information content (AvgIpc) is 3.25. The van der Waals surface area contributed by atoms with Gasteiger partial charge >= 0.3 is 0 Å². The highest BCUT2D eigenvalue weighted by Gasteiger charge is 2.21. The van der Waals surface area contributed by atoms with Gasteiger partial charge in [-0.2, -0.15) is 0 Å². The summed E-state index contributed by atoms with van der Waals surface area (Å²) in [5.41, 5.74) is 0.751. The molecule has 0 aliphatic heterocycles. The lowest BCUT2D eigenvalue weighted by molar-refractivity contribution is -0.115. The molecule has 2 aromatic heterocycles. The van der Waals surface area contributed by atoms with E-state index in [0.29, 0.717) is 37.6 Å². The lowest BCUT2D eigenvalue weighted by atomic mass is 10.2. The predicted octanol–water partition coefficient (Wildman–Crippen LogP) is 5.46. The van der Waals surface area contributed by atoms with E-state index in [2.05, 4.69) is 10.3 Å². The number of nitrogens with one attached hydrogen (secondary N) is 1. The van der Waals surface area contributed by atoms with Crippen molar-refractivity contribution in [2.45, 2.75) is 23.9 Å². The molecule has 0 fully saturated rings. The number of furan rings is 1. The number of halogens is 2. The minimum Gasteiger partial charge on any atom is -0.467 e. The van der Waals surface area contributed by atoms with Gasteiger partial charge in [-0.1, -0.05) is 47.1 Å². The largest absolute Gasteiger partial charge is 0.467 e. The number of rotatable bonds is 6. The van der Waals surface area contributed by atoms with E-state index in [-0.39, 0.29) is 18.0 Å². The van der Waals surface area contributed by atoms with E-state index in [1.807, 2.05) is 0 Å². The van der Waals surface area contributed by atoms with Crippen LogP contribution >= 0.6 is 35.0 Å². The van der Waals surface area contributed by atoms with Crippen LogP contribution in [0.25, 0.3) is 10.9 Å². The summed E-state index contributed by atoms with van der Waals surface area (Å²) in [4.78, 5) is 30.6. The number of para-hydroxylation sites is 1. The monoisotopic (exact) mass is 473 g/mol. The Kier molecular flexibility index (Phi) is 6.36.